The maximum atomic E-state index is 12.1. The summed E-state index contributed by atoms with van der Waals surface area (Å²) in [6.45, 7) is 4.22. The molecule has 2 aliphatic rings. The van der Waals surface area contributed by atoms with Crippen LogP contribution in [0.2, 0.25) is 0 Å². The van der Waals surface area contributed by atoms with E-state index in [1.165, 1.54) is 0 Å². The third kappa shape index (κ3) is 2.40. The van der Waals surface area contributed by atoms with E-state index in [1.54, 1.807) is 13.8 Å². The zero-order valence-corrected chi connectivity index (χ0v) is 9.63. The van der Waals surface area contributed by atoms with E-state index in [1.807, 2.05) is 0 Å². The highest BCUT2D eigenvalue weighted by Gasteiger charge is 2.55. The largest absolute Gasteiger partial charge is 0.471 e. The van der Waals surface area contributed by atoms with Gasteiger partial charge in [-0.15, -0.1) is 0 Å². The third-order valence-electron chi connectivity index (χ3n) is 3.03. The Balaban J connectivity index is 1.89. The van der Waals surface area contributed by atoms with Crippen molar-refractivity contribution in [3.8, 4) is 0 Å². The minimum atomic E-state index is -4.79. The molecular weight excluding hydrogens is 239 g/mol. The molecule has 0 aliphatic carbocycles. The highest BCUT2D eigenvalue weighted by Crippen LogP contribution is 2.39. The van der Waals surface area contributed by atoms with E-state index in [9.17, 15) is 18.0 Å². The SMILES string of the molecule is CC1(C)OCC2(CO1)CN(C(=O)C(F)(F)F)C2. The number of carbonyl (C=O) groups is 1. The van der Waals surface area contributed by atoms with Crippen LogP contribution in [0.5, 0.6) is 0 Å². The van der Waals surface area contributed by atoms with Gasteiger partial charge in [0, 0.05) is 13.1 Å². The Kier molecular flexibility index (Phi) is 2.66. The van der Waals surface area contributed by atoms with Crippen molar-refractivity contribution >= 4 is 5.91 Å². The molecule has 0 N–H and O–H groups in total. The summed E-state index contributed by atoms with van der Waals surface area (Å²) in [5, 5.41) is 0. The number of carbonyl (C=O) groups excluding carboxylic acids is 1. The van der Waals surface area contributed by atoms with Crippen molar-refractivity contribution in [2.24, 2.45) is 5.41 Å². The average molecular weight is 253 g/mol. The van der Waals surface area contributed by atoms with Gasteiger partial charge in [0.05, 0.1) is 18.6 Å². The number of rotatable bonds is 0. The lowest BCUT2D eigenvalue weighted by Gasteiger charge is -2.53. The van der Waals surface area contributed by atoms with Gasteiger partial charge in [0.15, 0.2) is 5.79 Å². The summed E-state index contributed by atoms with van der Waals surface area (Å²) in [4.78, 5) is 11.7. The van der Waals surface area contributed by atoms with Crippen LogP contribution in [0.4, 0.5) is 13.2 Å². The van der Waals surface area contributed by atoms with Gasteiger partial charge < -0.3 is 14.4 Å². The van der Waals surface area contributed by atoms with E-state index < -0.39 is 23.3 Å². The van der Waals surface area contributed by atoms with E-state index >= 15 is 0 Å². The molecule has 17 heavy (non-hydrogen) atoms. The Labute approximate surface area is 96.7 Å². The summed E-state index contributed by atoms with van der Waals surface area (Å²) in [6.07, 6.45) is -4.79. The van der Waals surface area contributed by atoms with Gasteiger partial charge in [-0.05, 0) is 13.8 Å². The van der Waals surface area contributed by atoms with Crippen LogP contribution >= 0.6 is 0 Å². The van der Waals surface area contributed by atoms with Crippen molar-refractivity contribution in [1.29, 1.82) is 0 Å². The monoisotopic (exact) mass is 253 g/mol. The van der Waals surface area contributed by atoms with E-state index in [4.69, 9.17) is 9.47 Å². The van der Waals surface area contributed by atoms with Crippen molar-refractivity contribution in [3.05, 3.63) is 0 Å². The molecule has 1 amide bonds. The van der Waals surface area contributed by atoms with Crippen LogP contribution < -0.4 is 0 Å². The fourth-order valence-corrected chi connectivity index (χ4v) is 2.01. The van der Waals surface area contributed by atoms with E-state index in [0.717, 1.165) is 4.90 Å². The Morgan fingerprint density at radius 2 is 1.65 bits per heavy atom. The van der Waals surface area contributed by atoms with Crippen molar-refractivity contribution in [2.45, 2.75) is 25.8 Å². The molecule has 7 heteroatoms. The van der Waals surface area contributed by atoms with Crippen LogP contribution in [-0.2, 0) is 14.3 Å². The zero-order chi connectivity index (χ0) is 12.9. The van der Waals surface area contributed by atoms with E-state index in [0.29, 0.717) is 13.2 Å². The Bertz CT molecular complexity index is 322. The smallest absolute Gasteiger partial charge is 0.350 e. The number of nitrogens with zero attached hydrogens (tertiary/aromatic N) is 1. The van der Waals surface area contributed by atoms with Crippen LogP contribution in [-0.4, -0.2) is 49.1 Å². The van der Waals surface area contributed by atoms with Crippen LogP contribution in [0.15, 0.2) is 0 Å². The summed E-state index contributed by atoms with van der Waals surface area (Å²) in [6, 6.07) is 0. The first kappa shape index (κ1) is 12.6. The molecule has 0 unspecified atom stereocenters. The molecule has 0 saturated carbocycles. The highest BCUT2D eigenvalue weighted by atomic mass is 19.4. The van der Waals surface area contributed by atoms with Crippen molar-refractivity contribution in [3.63, 3.8) is 0 Å². The highest BCUT2D eigenvalue weighted by molar-refractivity contribution is 5.82. The lowest BCUT2D eigenvalue weighted by Crippen LogP contribution is -2.67. The first-order valence-electron chi connectivity index (χ1n) is 5.28. The van der Waals surface area contributed by atoms with Gasteiger partial charge in [-0.1, -0.05) is 0 Å². The predicted molar refractivity (Wildman–Crippen MR) is 51.1 cm³/mol. The number of amides is 1. The summed E-state index contributed by atoms with van der Waals surface area (Å²) >= 11 is 0. The zero-order valence-electron chi connectivity index (χ0n) is 9.63. The topological polar surface area (TPSA) is 38.8 Å². The van der Waals surface area contributed by atoms with Gasteiger partial charge in [-0.3, -0.25) is 4.79 Å². The second-order valence-electron chi connectivity index (χ2n) is 5.14. The molecule has 2 aliphatic heterocycles. The summed E-state index contributed by atoms with van der Waals surface area (Å²) in [7, 11) is 0. The fraction of sp³-hybridized carbons (Fsp3) is 0.900. The molecule has 2 heterocycles. The van der Waals surface area contributed by atoms with E-state index in [2.05, 4.69) is 0 Å². The third-order valence-corrected chi connectivity index (χ3v) is 3.03. The molecule has 4 nitrogen and oxygen atoms in total. The van der Waals surface area contributed by atoms with Crippen molar-refractivity contribution in [1.82, 2.24) is 4.90 Å². The van der Waals surface area contributed by atoms with E-state index in [-0.39, 0.29) is 13.1 Å². The number of likely N-dealkylation sites (tertiary alicyclic amines) is 1. The lowest BCUT2D eigenvalue weighted by molar-refractivity contribution is -0.305. The van der Waals surface area contributed by atoms with Gasteiger partial charge in [0.25, 0.3) is 0 Å². The molecule has 2 fully saturated rings. The Morgan fingerprint density at radius 3 is 2.06 bits per heavy atom. The second kappa shape index (κ2) is 3.58. The number of alkyl halides is 3. The molecule has 0 bridgehead atoms. The number of hydrogen-bond donors (Lipinski definition) is 0. The first-order valence-corrected chi connectivity index (χ1v) is 5.28. The quantitative estimate of drug-likeness (QED) is 0.650. The van der Waals surface area contributed by atoms with Crippen molar-refractivity contribution < 1.29 is 27.4 Å². The number of ether oxygens (including phenoxy) is 2. The number of hydrogen-bond acceptors (Lipinski definition) is 3. The lowest BCUT2D eigenvalue weighted by atomic mass is 9.80. The minimum absolute atomic E-state index is 0.0431. The molecule has 2 saturated heterocycles. The summed E-state index contributed by atoms with van der Waals surface area (Å²) in [5.74, 6) is -2.48. The maximum absolute atomic E-state index is 12.1. The number of halogens is 3. The summed E-state index contributed by atoms with van der Waals surface area (Å²) in [5.41, 5.74) is -0.462. The van der Waals surface area contributed by atoms with Gasteiger partial charge in [0.1, 0.15) is 0 Å². The van der Waals surface area contributed by atoms with Gasteiger partial charge >= 0.3 is 12.1 Å². The van der Waals surface area contributed by atoms with Crippen LogP contribution in [0, 0.1) is 5.41 Å². The molecule has 0 atom stereocenters. The molecule has 0 aromatic rings. The first-order chi connectivity index (χ1) is 7.64. The van der Waals surface area contributed by atoms with Gasteiger partial charge in [-0.25, -0.2) is 0 Å². The molecule has 0 aromatic heterocycles. The molecular formula is C10H14F3NO3. The maximum Gasteiger partial charge on any atom is 0.471 e. The van der Waals surface area contributed by atoms with Gasteiger partial charge in [-0.2, -0.15) is 13.2 Å². The molecule has 0 aromatic carbocycles. The van der Waals surface area contributed by atoms with Gasteiger partial charge in [0.2, 0.25) is 0 Å². The molecule has 0 radical (unpaired) electrons. The molecule has 2 rings (SSSR count). The van der Waals surface area contributed by atoms with Crippen LogP contribution in [0.1, 0.15) is 13.8 Å². The van der Waals surface area contributed by atoms with Crippen molar-refractivity contribution in [2.75, 3.05) is 26.3 Å². The normalized spacial score (nSPS) is 26.8. The molecule has 98 valence electrons. The minimum Gasteiger partial charge on any atom is -0.350 e. The average Bonchev–Trinajstić information content (AvgIpc) is 2.13. The Hall–Kier alpha value is -0.820. The predicted octanol–water partition coefficient (Wildman–Crippen LogP) is 1.16. The Morgan fingerprint density at radius 1 is 1.18 bits per heavy atom. The summed E-state index contributed by atoms with van der Waals surface area (Å²) < 4.78 is 47.2. The van der Waals surface area contributed by atoms with Crippen LogP contribution in [0.25, 0.3) is 0 Å². The second-order valence-corrected chi connectivity index (χ2v) is 5.14. The van der Waals surface area contributed by atoms with Crippen LogP contribution in [0.3, 0.4) is 0 Å². The molecule has 1 spiro atoms. The standard InChI is InChI=1S/C10H14F3NO3/c1-8(2)16-5-9(6-17-8)3-14(4-9)7(15)10(11,12)13/h3-6H2,1-2H3. The fourth-order valence-electron chi connectivity index (χ4n) is 2.01.